The molecule has 3 atom stereocenters. The first-order valence-electron chi connectivity index (χ1n) is 6.39. The first-order chi connectivity index (χ1) is 8.41. The minimum Gasteiger partial charge on any atom is -0.367 e. The van der Waals surface area contributed by atoms with Gasteiger partial charge in [0.2, 0.25) is 0 Å². The summed E-state index contributed by atoms with van der Waals surface area (Å²) in [6.45, 7) is 7.31. The Balaban J connectivity index is 2.34. The molecule has 0 aliphatic carbocycles. The molecule has 4 heteroatoms. The van der Waals surface area contributed by atoms with Crippen LogP contribution in [0.2, 0.25) is 10.0 Å². The highest BCUT2D eigenvalue weighted by atomic mass is 35.5. The molecule has 1 aliphatic rings. The van der Waals surface area contributed by atoms with E-state index in [1.165, 1.54) is 0 Å². The Bertz CT molecular complexity index is 448. The molecule has 2 rings (SSSR count). The van der Waals surface area contributed by atoms with Crippen LogP contribution in [0.5, 0.6) is 0 Å². The molecule has 2 nitrogen and oxygen atoms in total. The van der Waals surface area contributed by atoms with Crippen molar-refractivity contribution in [2.45, 2.75) is 39.3 Å². The smallest absolute Gasteiger partial charge is 0.0643 e. The summed E-state index contributed by atoms with van der Waals surface area (Å²) in [5.74, 6) is 0.454. The fourth-order valence-corrected chi connectivity index (χ4v) is 3.08. The van der Waals surface area contributed by atoms with Crippen LogP contribution in [0, 0.1) is 12.8 Å². The minimum absolute atomic E-state index is 0.274. The van der Waals surface area contributed by atoms with Crippen LogP contribution in [0.15, 0.2) is 12.1 Å². The third kappa shape index (κ3) is 2.47. The first-order valence-corrected chi connectivity index (χ1v) is 7.15. The largest absolute Gasteiger partial charge is 0.367 e. The predicted octanol–water partition coefficient (Wildman–Crippen LogP) is 3.86. The van der Waals surface area contributed by atoms with E-state index in [1.807, 2.05) is 19.1 Å². The number of halogens is 2. The van der Waals surface area contributed by atoms with E-state index in [1.54, 1.807) is 0 Å². The van der Waals surface area contributed by atoms with E-state index in [0.717, 1.165) is 34.3 Å². The molecule has 100 valence electrons. The Morgan fingerprint density at radius 1 is 1.22 bits per heavy atom. The maximum Gasteiger partial charge on any atom is 0.0643 e. The molecule has 0 spiro atoms. The normalized spacial score (nSPS) is 28.6. The lowest BCUT2D eigenvalue weighted by molar-refractivity contribution is 0.315. The van der Waals surface area contributed by atoms with Gasteiger partial charge in [-0.05, 0) is 43.9 Å². The van der Waals surface area contributed by atoms with Gasteiger partial charge < -0.3 is 10.6 Å². The Labute approximate surface area is 119 Å². The fourth-order valence-electron chi connectivity index (χ4n) is 2.59. The molecule has 18 heavy (non-hydrogen) atoms. The monoisotopic (exact) mass is 286 g/mol. The predicted molar refractivity (Wildman–Crippen MR) is 79.8 cm³/mol. The van der Waals surface area contributed by atoms with Gasteiger partial charge in [-0.3, -0.25) is 0 Å². The van der Waals surface area contributed by atoms with E-state index in [4.69, 9.17) is 28.9 Å². The Kier molecular flexibility index (Phi) is 4.10. The van der Waals surface area contributed by atoms with Crippen molar-refractivity contribution in [1.82, 2.24) is 0 Å². The van der Waals surface area contributed by atoms with E-state index in [9.17, 15) is 0 Å². The van der Waals surface area contributed by atoms with Crippen LogP contribution in [0.1, 0.15) is 25.8 Å². The third-order valence-corrected chi connectivity index (χ3v) is 4.88. The molecule has 1 fully saturated rings. The van der Waals surface area contributed by atoms with Gasteiger partial charge >= 0.3 is 0 Å². The van der Waals surface area contributed by atoms with E-state index in [0.29, 0.717) is 12.0 Å². The molecule has 1 aliphatic heterocycles. The third-order valence-electron chi connectivity index (χ3n) is 4.17. The van der Waals surface area contributed by atoms with Crippen LogP contribution in [-0.4, -0.2) is 18.6 Å². The molecular weight excluding hydrogens is 267 g/mol. The number of rotatable bonds is 1. The van der Waals surface area contributed by atoms with Crippen molar-refractivity contribution in [3.63, 3.8) is 0 Å². The van der Waals surface area contributed by atoms with Crippen LogP contribution in [0.3, 0.4) is 0 Å². The Morgan fingerprint density at radius 3 is 2.56 bits per heavy atom. The van der Waals surface area contributed by atoms with Gasteiger partial charge in [0.15, 0.2) is 0 Å². The zero-order valence-corrected chi connectivity index (χ0v) is 12.6. The number of nitrogens with zero attached hydrogens (tertiary/aromatic N) is 1. The summed E-state index contributed by atoms with van der Waals surface area (Å²) in [4.78, 5) is 2.32. The molecule has 3 unspecified atom stereocenters. The van der Waals surface area contributed by atoms with Crippen LogP contribution in [0.25, 0.3) is 0 Å². The summed E-state index contributed by atoms with van der Waals surface area (Å²) >= 11 is 12.6. The molecular formula is C14H20Cl2N2. The molecule has 1 aromatic rings. The summed E-state index contributed by atoms with van der Waals surface area (Å²) in [7, 11) is 0. The van der Waals surface area contributed by atoms with Gasteiger partial charge in [0.05, 0.1) is 10.7 Å². The molecule has 1 saturated heterocycles. The molecule has 2 N–H and O–H groups in total. The Morgan fingerprint density at radius 2 is 1.89 bits per heavy atom. The standard InChI is InChI=1S/C14H20Cl2N2/c1-8-6-12(16)14(7-11(8)15)18-5-4-13(17)9(2)10(18)3/h6-7,9-10,13H,4-5,17H2,1-3H3. The van der Waals surface area contributed by atoms with Crippen molar-refractivity contribution in [2.24, 2.45) is 11.7 Å². The van der Waals surface area contributed by atoms with Crippen molar-refractivity contribution in [1.29, 1.82) is 0 Å². The second kappa shape index (κ2) is 5.28. The van der Waals surface area contributed by atoms with Gasteiger partial charge in [-0.15, -0.1) is 0 Å². The van der Waals surface area contributed by atoms with Crippen LogP contribution < -0.4 is 10.6 Å². The van der Waals surface area contributed by atoms with Gasteiger partial charge in [0, 0.05) is 23.7 Å². The second-order valence-corrected chi connectivity index (χ2v) is 6.11. The molecule has 1 heterocycles. The quantitative estimate of drug-likeness (QED) is 0.849. The summed E-state index contributed by atoms with van der Waals surface area (Å²) in [6, 6.07) is 4.56. The molecule has 0 saturated carbocycles. The van der Waals surface area contributed by atoms with Crippen LogP contribution in [-0.2, 0) is 0 Å². The zero-order valence-electron chi connectivity index (χ0n) is 11.1. The van der Waals surface area contributed by atoms with Crippen molar-refractivity contribution >= 4 is 28.9 Å². The van der Waals surface area contributed by atoms with Gasteiger partial charge in [-0.25, -0.2) is 0 Å². The number of hydrogen-bond donors (Lipinski definition) is 1. The summed E-state index contributed by atoms with van der Waals surface area (Å²) < 4.78 is 0. The lowest BCUT2D eigenvalue weighted by atomic mass is 9.87. The van der Waals surface area contributed by atoms with Crippen molar-refractivity contribution in [2.75, 3.05) is 11.4 Å². The van der Waals surface area contributed by atoms with E-state index >= 15 is 0 Å². The van der Waals surface area contributed by atoms with Gasteiger partial charge in [-0.1, -0.05) is 30.1 Å². The van der Waals surface area contributed by atoms with Gasteiger partial charge in [0.1, 0.15) is 0 Å². The topological polar surface area (TPSA) is 29.3 Å². The van der Waals surface area contributed by atoms with E-state index in [-0.39, 0.29) is 6.04 Å². The Hall–Kier alpha value is -0.440. The number of anilines is 1. The SMILES string of the molecule is Cc1cc(Cl)c(N2CCC(N)C(C)C2C)cc1Cl. The first kappa shape index (κ1) is 14.0. The van der Waals surface area contributed by atoms with Crippen molar-refractivity contribution in [3.05, 3.63) is 27.7 Å². The second-order valence-electron chi connectivity index (χ2n) is 5.30. The summed E-state index contributed by atoms with van der Waals surface area (Å²) in [5.41, 5.74) is 8.16. The number of piperidine rings is 1. The highest BCUT2D eigenvalue weighted by Crippen LogP contribution is 2.36. The van der Waals surface area contributed by atoms with Gasteiger partial charge in [0.25, 0.3) is 0 Å². The number of aryl methyl sites for hydroxylation is 1. The molecule has 0 bridgehead atoms. The van der Waals surface area contributed by atoms with Crippen LogP contribution >= 0.6 is 23.2 Å². The fraction of sp³-hybridized carbons (Fsp3) is 0.571. The minimum atomic E-state index is 0.274. The average molecular weight is 287 g/mol. The molecule has 0 radical (unpaired) electrons. The lowest BCUT2D eigenvalue weighted by Gasteiger charge is -2.43. The molecule has 1 aromatic carbocycles. The van der Waals surface area contributed by atoms with Crippen LogP contribution in [0.4, 0.5) is 5.69 Å². The molecule has 0 amide bonds. The summed E-state index contributed by atoms with van der Waals surface area (Å²) in [6.07, 6.45) is 0.993. The van der Waals surface area contributed by atoms with Crippen molar-refractivity contribution < 1.29 is 0 Å². The van der Waals surface area contributed by atoms with Crippen molar-refractivity contribution in [3.8, 4) is 0 Å². The number of nitrogens with two attached hydrogens (primary N) is 1. The maximum absolute atomic E-state index is 6.35. The summed E-state index contributed by atoms with van der Waals surface area (Å²) in [5, 5.41) is 1.54. The number of hydrogen-bond acceptors (Lipinski definition) is 2. The maximum atomic E-state index is 6.35. The molecule has 0 aromatic heterocycles. The van der Waals surface area contributed by atoms with Gasteiger partial charge in [-0.2, -0.15) is 0 Å². The highest BCUT2D eigenvalue weighted by molar-refractivity contribution is 6.35. The lowest BCUT2D eigenvalue weighted by Crippen LogP contribution is -2.52. The average Bonchev–Trinajstić information content (AvgIpc) is 2.32. The van der Waals surface area contributed by atoms with E-state index < -0.39 is 0 Å². The van der Waals surface area contributed by atoms with E-state index in [2.05, 4.69) is 18.7 Å². The number of benzene rings is 1. The highest BCUT2D eigenvalue weighted by Gasteiger charge is 2.31. The zero-order chi connectivity index (χ0) is 13.4.